The molecule has 11 aromatic rings. The molecule has 0 radical (unpaired) electrons. The summed E-state index contributed by atoms with van der Waals surface area (Å²) in [5.74, 6) is 0. The molecule has 11 rings (SSSR count). The van der Waals surface area contributed by atoms with Crippen LogP contribution in [-0.4, -0.2) is 0 Å². The molecule has 0 saturated carbocycles. The fraction of sp³-hybridized carbons (Fsp3) is 0. The van der Waals surface area contributed by atoms with Crippen molar-refractivity contribution in [2.24, 2.45) is 0 Å². The Hall–Kier alpha value is -7.28. The van der Waals surface area contributed by atoms with Crippen molar-refractivity contribution >= 4 is 53.9 Å². The van der Waals surface area contributed by atoms with Gasteiger partial charge in [0.05, 0.1) is 0 Å². The maximum Gasteiger partial charge on any atom is -0.00262 e. The van der Waals surface area contributed by atoms with Crippen LogP contribution in [0.1, 0.15) is 0 Å². The highest BCUT2D eigenvalue weighted by Crippen LogP contribution is 2.45. The lowest BCUT2D eigenvalue weighted by molar-refractivity contribution is 1.61. The van der Waals surface area contributed by atoms with Crippen molar-refractivity contribution in [1.82, 2.24) is 0 Å². The zero-order valence-corrected chi connectivity index (χ0v) is 30.8. The SMILES string of the molecule is c1ccc(-c2cccc(-c3c4ccccc4c(-c4ccc5ccc(-c6ccc(-c7cc8ccccc8c8ccccc78)cc6)cc5c4)c4ccccc34)c2)cc1. The van der Waals surface area contributed by atoms with Crippen molar-refractivity contribution in [3.63, 3.8) is 0 Å². The van der Waals surface area contributed by atoms with E-state index >= 15 is 0 Å². The summed E-state index contributed by atoms with van der Waals surface area (Å²) < 4.78 is 0. The van der Waals surface area contributed by atoms with Gasteiger partial charge in [-0.25, -0.2) is 0 Å². The molecule has 0 amide bonds. The van der Waals surface area contributed by atoms with E-state index in [1.165, 1.54) is 109 Å². The lowest BCUT2D eigenvalue weighted by atomic mass is 9.85. The Morgan fingerprint density at radius 2 is 0.607 bits per heavy atom. The van der Waals surface area contributed by atoms with Crippen molar-refractivity contribution in [3.05, 3.63) is 218 Å². The van der Waals surface area contributed by atoms with Crippen molar-refractivity contribution in [1.29, 1.82) is 0 Å². The van der Waals surface area contributed by atoms with E-state index in [1.807, 2.05) is 0 Å². The molecule has 0 aliphatic carbocycles. The molecule has 0 saturated heterocycles. The molecule has 0 nitrogen and oxygen atoms in total. The molecule has 0 bridgehead atoms. The van der Waals surface area contributed by atoms with Crippen LogP contribution in [0.25, 0.3) is 109 Å². The minimum absolute atomic E-state index is 1.21. The number of rotatable bonds is 5. The minimum atomic E-state index is 1.21. The Balaban J connectivity index is 1.02. The van der Waals surface area contributed by atoms with Crippen LogP contribution >= 0.6 is 0 Å². The predicted molar refractivity (Wildman–Crippen MR) is 241 cm³/mol. The monoisotopic (exact) mass is 708 g/mol. The Morgan fingerprint density at radius 1 is 0.179 bits per heavy atom. The quantitative estimate of drug-likeness (QED) is 0.123. The van der Waals surface area contributed by atoms with Crippen molar-refractivity contribution in [2.75, 3.05) is 0 Å². The third-order valence-electron chi connectivity index (χ3n) is 11.6. The predicted octanol–water partition coefficient (Wildman–Crippen LogP) is 15.8. The lowest BCUT2D eigenvalue weighted by Gasteiger charge is -2.18. The molecule has 0 unspecified atom stereocenters. The Kier molecular flexibility index (Phi) is 7.60. The molecule has 0 aliphatic heterocycles. The first-order valence-electron chi connectivity index (χ1n) is 19.4. The first-order chi connectivity index (χ1) is 27.8. The van der Waals surface area contributed by atoms with E-state index in [4.69, 9.17) is 0 Å². The van der Waals surface area contributed by atoms with E-state index in [-0.39, 0.29) is 0 Å². The number of hydrogen-bond donors (Lipinski definition) is 0. The smallest absolute Gasteiger partial charge is 0.00262 e. The van der Waals surface area contributed by atoms with E-state index < -0.39 is 0 Å². The van der Waals surface area contributed by atoms with Gasteiger partial charge in [-0.15, -0.1) is 0 Å². The summed E-state index contributed by atoms with van der Waals surface area (Å²) in [6.45, 7) is 0. The highest BCUT2D eigenvalue weighted by molar-refractivity contribution is 6.22. The largest absolute Gasteiger partial charge is 0.0622 e. The number of fused-ring (bicyclic) bond motifs is 6. The summed E-state index contributed by atoms with van der Waals surface area (Å²) in [6, 6.07) is 80.3. The van der Waals surface area contributed by atoms with E-state index in [2.05, 4.69) is 218 Å². The third-order valence-corrected chi connectivity index (χ3v) is 11.6. The van der Waals surface area contributed by atoms with Crippen LogP contribution in [0.15, 0.2) is 218 Å². The average molecular weight is 709 g/mol. The number of benzene rings is 11. The van der Waals surface area contributed by atoms with Gasteiger partial charge in [-0.3, -0.25) is 0 Å². The second kappa shape index (κ2) is 13.2. The normalized spacial score (nSPS) is 11.6. The van der Waals surface area contributed by atoms with Gasteiger partial charge in [-0.2, -0.15) is 0 Å². The van der Waals surface area contributed by atoms with Crippen LogP contribution in [0, 0.1) is 0 Å². The highest BCUT2D eigenvalue weighted by atomic mass is 14.2. The van der Waals surface area contributed by atoms with Crippen LogP contribution in [0.4, 0.5) is 0 Å². The first kappa shape index (κ1) is 32.2. The summed E-state index contributed by atoms with van der Waals surface area (Å²) >= 11 is 0. The maximum atomic E-state index is 2.39. The molecule has 0 heterocycles. The van der Waals surface area contributed by atoms with Crippen molar-refractivity contribution in [2.45, 2.75) is 0 Å². The molecule has 0 fully saturated rings. The Bertz CT molecular complexity index is 3220. The zero-order chi connectivity index (χ0) is 37.0. The second-order valence-corrected chi connectivity index (χ2v) is 14.8. The van der Waals surface area contributed by atoms with Crippen molar-refractivity contribution in [3.8, 4) is 55.6 Å². The van der Waals surface area contributed by atoms with Crippen LogP contribution < -0.4 is 0 Å². The molecular formula is C56H36. The molecule has 0 N–H and O–H groups in total. The van der Waals surface area contributed by atoms with Crippen LogP contribution in [0.2, 0.25) is 0 Å². The van der Waals surface area contributed by atoms with E-state index in [1.54, 1.807) is 0 Å². The molecular weight excluding hydrogens is 673 g/mol. The topological polar surface area (TPSA) is 0 Å². The zero-order valence-electron chi connectivity index (χ0n) is 30.8. The average Bonchev–Trinajstić information content (AvgIpc) is 3.28. The van der Waals surface area contributed by atoms with Gasteiger partial charge >= 0.3 is 0 Å². The number of hydrogen-bond acceptors (Lipinski definition) is 0. The maximum absolute atomic E-state index is 2.39. The van der Waals surface area contributed by atoms with Gasteiger partial charge < -0.3 is 0 Å². The molecule has 11 aromatic carbocycles. The van der Waals surface area contributed by atoms with Gasteiger partial charge in [-0.05, 0) is 134 Å². The van der Waals surface area contributed by atoms with Crippen LogP contribution in [0.5, 0.6) is 0 Å². The van der Waals surface area contributed by atoms with Gasteiger partial charge in [0.25, 0.3) is 0 Å². The summed E-state index contributed by atoms with van der Waals surface area (Å²) in [6.07, 6.45) is 0. The van der Waals surface area contributed by atoms with Gasteiger partial charge in [-0.1, -0.05) is 194 Å². The van der Waals surface area contributed by atoms with E-state index in [0.29, 0.717) is 0 Å². The Morgan fingerprint density at radius 3 is 1.29 bits per heavy atom. The molecule has 0 aromatic heterocycles. The lowest BCUT2D eigenvalue weighted by Crippen LogP contribution is -1.91. The molecule has 56 heavy (non-hydrogen) atoms. The third kappa shape index (κ3) is 5.38. The molecule has 0 spiro atoms. The summed E-state index contributed by atoms with van der Waals surface area (Å²) in [5, 5.41) is 12.7. The standard InChI is InChI=1S/C56H36/c1-2-13-37(14-3-1)41-16-12-17-44(33-41)55-50-21-8-10-23-52(50)56(53-24-11-9-22-51(53)55)45-32-28-39-27-31-42(34-46(39)35-45)38-25-29-40(30-26-38)54-36-43-15-4-5-18-47(43)48-19-6-7-20-49(48)54/h1-36H. The molecule has 260 valence electrons. The summed E-state index contributed by atoms with van der Waals surface area (Å²) in [7, 11) is 0. The van der Waals surface area contributed by atoms with E-state index in [9.17, 15) is 0 Å². The van der Waals surface area contributed by atoms with Crippen LogP contribution in [0.3, 0.4) is 0 Å². The second-order valence-electron chi connectivity index (χ2n) is 14.8. The summed E-state index contributed by atoms with van der Waals surface area (Å²) in [4.78, 5) is 0. The minimum Gasteiger partial charge on any atom is -0.0622 e. The van der Waals surface area contributed by atoms with Gasteiger partial charge in [0.2, 0.25) is 0 Å². The highest BCUT2D eigenvalue weighted by Gasteiger charge is 2.17. The fourth-order valence-electron chi connectivity index (χ4n) is 8.95. The first-order valence-corrected chi connectivity index (χ1v) is 19.4. The molecule has 0 atom stereocenters. The van der Waals surface area contributed by atoms with Gasteiger partial charge in [0.1, 0.15) is 0 Å². The fourth-order valence-corrected chi connectivity index (χ4v) is 8.95. The van der Waals surface area contributed by atoms with Crippen LogP contribution in [-0.2, 0) is 0 Å². The van der Waals surface area contributed by atoms with Gasteiger partial charge in [0, 0.05) is 0 Å². The van der Waals surface area contributed by atoms with Gasteiger partial charge in [0.15, 0.2) is 0 Å². The summed E-state index contributed by atoms with van der Waals surface area (Å²) in [5.41, 5.74) is 12.4. The molecule has 0 aliphatic rings. The molecule has 0 heteroatoms. The van der Waals surface area contributed by atoms with Crippen molar-refractivity contribution < 1.29 is 0 Å². The van der Waals surface area contributed by atoms with E-state index in [0.717, 1.165) is 0 Å². The Labute approximate surface area is 326 Å².